The minimum absolute atomic E-state index is 0.0121. The van der Waals surface area contributed by atoms with E-state index < -0.39 is 5.60 Å². The summed E-state index contributed by atoms with van der Waals surface area (Å²) in [5.74, 6) is 1.29. The Bertz CT molecular complexity index is 982. The number of phenolic OH excluding ortho intramolecular Hbond substituents is 1. The highest BCUT2D eigenvalue weighted by molar-refractivity contribution is 14.1. The van der Waals surface area contributed by atoms with Crippen molar-refractivity contribution in [2.75, 3.05) is 17.2 Å². The van der Waals surface area contributed by atoms with Crippen LogP contribution in [0.3, 0.4) is 0 Å². The summed E-state index contributed by atoms with van der Waals surface area (Å²) in [6, 6.07) is 5.46. The van der Waals surface area contributed by atoms with E-state index in [0.717, 1.165) is 9.13 Å². The molecule has 0 spiro atoms. The molecule has 0 aliphatic heterocycles. The van der Waals surface area contributed by atoms with E-state index in [0.29, 0.717) is 36.0 Å². The number of hydrogen-bond donors (Lipinski definition) is 4. The van der Waals surface area contributed by atoms with Gasteiger partial charge in [-0.25, -0.2) is 4.98 Å². The number of hydrogen-bond acceptors (Lipinski definition) is 7. The van der Waals surface area contributed by atoms with Gasteiger partial charge in [-0.05, 0) is 54.6 Å². The summed E-state index contributed by atoms with van der Waals surface area (Å²) < 4.78 is 2.87. The average molecular weight is 496 g/mol. The van der Waals surface area contributed by atoms with Crippen molar-refractivity contribution < 1.29 is 10.2 Å². The lowest BCUT2D eigenvalue weighted by molar-refractivity contribution is 0.0303. The minimum atomic E-state index is -0.799. The Morgan fingerprint density at radius 2 is 2.00 bits per heavy atom. The standard InChI is InChI=1S/C19H25IN6O2/c1-11(19(2,3)28)8-22-18-24-16(15-17(25-18)26(4)10-23-15)21-9-12-7-13(20)5-6-14(12)27/h5-7,10-11,27-28H,8-9H2,1-4H3,(H2,21,22,24,25). The van der Waals surface area contributed by atoms with Crippen LogP contribution in [0, 0.1) is 9.49 Å². The van der Waals surface area contributed by atoms with Crippen molar-refractivity contribution in [2.45, 2.75) is 32.9 Å². The number of anilines is 2. The van der Waals surface area contributed by atoms with Gasteiger partial charge in [0, 0.05) is 35.2 Å². The third-order valence-electron chi connectivity index (χ3n) is 4.82. The fourth-order valence-corrected chi connectivity index (χ4v) is 3.13. The van der Waals surface area contributed by atoms with Crippen molar-refractivity contribution in [1.82, 2.24) is 19.5 Å². The van der Waals surface area contributed by atoms with E-state index in [4.69, 9.17) is 0 Å². The number of aliphatic hydroxyl groups is 1. The van der Waals surface area contributed by atoms with Crippen LogP contribution < -0.4 is 10.6 Å². The lowest BCUT2D eigenvalue weighted by Gasteiger charge is -2.25. The van der Waals surface area contributed by atoms with Crippen LogP contribution in [-0.2, 0) is 13.6 Å². The van der Waals surface area contributed by atoms with Gasteiger partial charge in [-0.1, -0.05) is 6.92 Å². The van der Waals surface area contributed by atoms with Crippen LogP contribution in [0.4, 0.5) is 11.8 Å². The number of rotatable bonds is 7. The monoisotopic (exact) mass is 496 g/mol. The second-order valence-electron chi connectivity index (χ2n) is 7.49. The Balaban J connectivity index is 1.85. The second-order valence-corrected chi connectivity index (χ2v) is 8.73. The maximum Gasteiger partial charge on any atom is 0.226 e. The van der Waals surface area contributed by atoms with Gasteiger partial charge in [0.05, 0.1) is 11.9 Å². The molecule has 3 rings (SSSR count). The molecule has 1 unspecified atom stereocenters. The maximum absolute atomic E-state index is 10.1. The zero-order valence-corrected chi connectivity index (χ0v) is 18.5. The Labute approximate surface area is 177 Å². The highest BCUT2D eigenvalue weighted by Gasteiger charge is 2.22. The SMILES string of the molecule is CC(CNc1nc(NCc2cc(I)ccc2O)c2ncn(C)c2n1)C(C)(C)O. The van der Waals surface area contributed by atoms with Crippen LogP contribution in [-0.4, -0.2) is 41.9 Å². The third-order valence-corrected chi connectivity index (χ3v) is 5.49. The van der Waals surface area contributed by atoms with Crippen molar-refractivity contribution >= 4 is 45.5 Å². The molecule has 2 heterocycles. The smallest absolute Gasteiger partial charge is 0.226 e. The first-order valence-electron chi connectivity index (χ1n) is 9.01. The molecule has 0 amide bonds. The highest BCUT2D eigenvalue weighted by atomic mass is 127. The molecule has 3 aromatic rings. The number of aromatic nitrogens is 4. The van der Waals surface area contributed by atoms with Crippen LogP contribution in [0.15, 0.2) is 24.5 Å². The molecule has 150 valence electrons. The summed E-state index contributed by atoms with van der Waals surface area (Å²) in [6.07, 6.45) is 1.69. The van der Waals surface area contributed by atoms with Crippen LogP contribution >= 0.6 is 22.6 Å². The largest absolute Gasteiger partial charge is 0.508 e. The topological polar surface area (TPSA) is 108 Å². The predicted octanol–water partition coefficient (Wildman–Crippen LogP) is 3.10. The molecule has 9 heteroatoms. The van der Waals surface area contributed by atoms with E-state index in [1.165, 1.54) is 0 Å². The van der Waals surface area contributed by atoms with Gasteiger partial charge in [0.15, 0.2) is 17.0 Å². The van der Waals surface area contributed by atoms with Gasteiger partial charge in [-0.3, -0.25) is 0 Å². The Morgan fingerprint density at radius 1 is 1.25 bits per heavy atom. The zero-order chi connectivity index (χ0) is 20.5. The lowest BCUT2D eigenvalue weighted by atomic mass is 9.93. The molecule has 2 aromatic heterocycles. The molecule has 1 atom stereocenters. The number of halogens is 1. The van der Waals surface area contributed by atoms with Gasteiger partial charge in [-0.15, -0.1) is 0 Å². The van der Waals surface area contributed by atoms with E-state index in [1.54, 1.807) is 26.2 Å². The van der Waals surface area contributed by atoms with Crippen LogP contribution in [0.2, 0.25) is 0 Å². The summed E-state index contributed by atoms with van der Waals surface area (Å²) in [6.45, 7) is 6.47. The molecule has 0 aliphatic carbocycles. The normalized spacial score (nSPS) is 12.9. The van der Waals surface area contributed by atoms with Gasteiger partial charge in [0.1, 0.15) is 5.75 Å². The van der Waals surface area contributed by atoms with E-state index >= 15 is 0 Å². The zero-order valence-electron chi connectivity index (χ0n) is 16.4. The minimum Gasteiger partial charge on any atom is -0.508 e. The van der Waals surface area contributed by atoms with Gasteiger partial charge in [-0.2, -0.15) is 9.97 Å². The van der Waals surface area contributed by atoms with E-state index in [9.17, 15) is 10.2 Å². The van der Waals surface area contributed by atoms with Gasteiger partial charge in [0.25, 0.3) is 0 Å². The summed E-state index contributed by atoms with van der Waals surface area (Å²) in [5, 5.41) is 26.7. The van der Waals surface area contributed by atoms with Crippen molar-refractivity contribution in [3.63, 3.8) is 0 Å². The third kappa shape index (κ3) is 4.64. The van der Waals surface area contributed by atoms with E-state index in [-0.39, 0.29) is 11.7 Å². The molecule has 0 radical (unpaired) electrons. The number of phenols is 1. The molecule has 1 aromatic carbocycles. The number of aryl methyl sites for hydroxylation is 1. The predicted molar refractivity (Wildman–Crippen MR) is 118 cm³/mol. The first-order chi connectivity index (χ1) is 13.1. The van der Waals surface area contributed by atoms with Crippen LogP contribution in [0.5, 0.6) is 5.75 Å². The summed E-state index contributed by atoms with van der Waals surface area (Å²) in [5.41, 5.74) is 1.34. The first kappa shape index (κ1) is 20.6. The fourth-order valence-electron chi connectivity index (χ4n) is 2.58. The fraction of sp³-hybridized carbons (Fsp3) is 0.421. The van der Waals surface area contributed by atoms with E-state index in [2.05, 4.69) is 48.2 Å². The highest BCUT2D eigenvalue weighted by Crippen LogP contribution is 2.24. The van der Waals surface area contributed by atoms with Gasteiger partial charge in [0.2, 0.25) is 5.95 Å². The summed E-state index contributed by atoms with van der Waals surface area (Å²) in [7, 11) is 1.88. The maximum atomic E-state index is 10.1. The molecule has 4 N–H and O–H groups in total. The van der Waals surface area contributed by atoms with Gasteiger partial charge >= 0.3 is 0 Å². The summed E-state index contributed by atoms with van der Waals surface area (Å²) >= 11 is 2.21. The van der Waals surface area contributed by atoms with Crippen molar-refractivity contribution in [2.24, 2.45) is 13.0 Å². The Hall–Kier alpha value is -2.14. The molecule has 0 fully saturated rings. The number of nitrogens with one attached hydrogen (secondary N) is 2. The number of aromatic hydroxyl groups is 1. The number of benzene rings is 1. The molecule has 0 bridgehead atoms. The second kappa shape index (κ2) is 8.08. The first-order valence-corrected chi connectivity index (χ1v) is 10.1. The quantitative estimate of drug-likeness (QED) is 0.373. The molecule has 0 saturated heterocycles. The number of nitrogens with zero attached hydrogens (tertiary/aromatic N) is 4. The van der Waals surface area contributed by atoms with Crippen molar-refractivity contribution in [1.29, 1.82) is 0 Å². The molecule has 28 heavy (non-hydrogen) atoms. The van der Waals surface area contributed by atoms with Gasteiger partial charge < -0.3 is 25.4 Å². The molecule has 0 aliphatic rings. The molecular formula is C19H25IN6O2. The lowest BCUT2D eigenvalue weighted by Crippen LogP contribution is -2.33. The number of imidazole rings is 1. The van der Waals surface area contributed by atoms with E-state index in [1.807, 2.05) is 30.7 Å². The van der Waals surface area contributed by atoms with Crippen LogP contribution in [0.1, 0.15) is 26.3 Å². The van der Waals surface area contributed by atoms with Crippen molar-refractivity contribution in [3.8, 4) is 5.75 Å². The van der Waals surface area contributed by atoms with Crippen LogP contribution in [0.25, 0.3) is 11.2 Å². The molecular weight excluding hydrogens is 471 g/mol. The molecule has 8 nitrogen and oxygen atoms in total. The Morgan fingerprint density at radius 3 is 2.71 bits per heavy atom. The average Bonchev–Trinajstić information content (AvgIpc) is 3.00. The summed E-state index contributed by atoms with van der Waals surface area (Å²) in [4.78, 5) is 13.5. The molecule has 0 saturated carbocycles. The van der Waals surface area contributed by atoms with Crippen molar-refractivity contribution in [3.05, 3.63) is 33.7 Å². The number of fused-ring (bicyclic) bond motifs is 1. The Kier molecular flexibility index (Phi) is 5.94.